The third-order valence-corrected chi connectivity index (χ3v) is 11.2. The number of imidazole rings is 2. The van der Waals surface area contributed by atoms with E-state index in [9.17, 15) is 14.6 Å². The second kappa shape index (κ2) is 10.7. The van der Waals surface area contributed by atoms with E-state index in [1.165, 1.54) is 23.4 Å². The van der Waals surface area contributed by atoms with Gasteiger partial charge in [-0.05, 0) is 29.7 Å². The molecule has 4 aliphatic heterocycles. The summed E-state index contributed by atoms with van der Waals surface area (Å²) in [6.45, 7) is -9.66. The molecule has 0 amide bonds. The van der Waals surface area contributed by atoms with Gasteiger partial charge in [0.1, 0.15) is 35.5 Å². The number of nitrogens with zero attached hydrogens (tertiary/aromatic N) is 6. The van der Waals surface area contributed by atoms with Gasteiger partial charge in [-0.25, -0.2) is 19.3 Å². The van der Waals surface area contributed by atoms with Gasteiger partial charge in [-0.2, -0.15) is 4.98 Å². The number of halogens is 1. The Bertz CT molecular complexity index is 2030. The van der Waals surface area contributed by atoms with Crippen LogP contribution in [0.15, 0.2) is 29.7 Å². The fourth-order valence-electron chi connectivity index (χ4n) is 6.03. The Balaban J connectivity index is 1.14. The second-order valence-corrected chi connectivity index (χ2v) is 16.5. The molecule has 0 radical (unpaired) electrons. The van der Waals surface area contributed by atoms with Crippen molar-refractivity contribution in [3.63, 3.8) is 0 Å². The zero-order valence-corrected chi connectivity index (χ0v) is 26.5. The Labute approximate surface area is 266 Å². The molecule has 46 heavy (non-hydrogen) atoms. The SMILES string of the molecule is Nc1nc2c(ncn2[C@@H]2O[C@@H]3COP(O)(=S)O[C@H]4[C@H]5OCC4(COP(O)(=S)O[C@@H]2[C@H]3F)O[C@H]5n2cnc3c(N)ccnc32)c(=O)[nH]1. The lowest BCUT2D eigenvalue weighted by Gasteiger charge is -2.33. The minimum atomic E-state index is -4.29. The average Bonchev–Trinajstić information content (AvgIpc) is 3.80. The van der Waals surface area contributed by atoms with E-state index in [2.05, 4.69) is 24.9 Å². The number of fused-ring (bicyclic) bond motifs is 4. The Morgan fingerprint density at radius 2 is 1.74 bits per heavy atom. The van der Waals surface area contributed by atoms with Crippen LogP contribution in [0.5, 0.6) is 0 Å². The van der Waals surface area contributed by atoms with E-state index < -0.39 is 80.9 Å². The first kappa shape index (κ1) is 30.8. The molecule has 19 nitrogen and oxygen atoms in total. The molecule has 4 aromatic rings. The second-order valence-electron chi connectivity index (χ2n) is 11.0. The van der Waals surface area contributed by atoms with Crippen molar-refractivity contribution in [1.82, 2.24) is 34.1 Å². The van der Waals surface area contributed by atoms with Crippen molar-refractivity contribution in [2.75, 3.05) is 31.3 Å². The number of nitrogens with one attached hydrogen (secondary N) is 1. The average molecular weight is 720 g/mol. The lowest BCUT2D eigenvalue weighted by Crippen LogP contribution is -2.45. The molecule has 0 aliphatic carbocycles. The number of ether oxygens (including phenoxy) is 3. The van der Waals surface area contributed by atoms with Crippen molar-refractivity contribution in [2.45, 2.75) is 48.6 Å². The van der Waals surface area contributed by atoms with Crippen LogP contribution in [-0.2, 0) is 55.9 Å². The molecule has 10 atom stereocenters. The van der Waals surface area contributed by atoms with E-state index in [4.69, 9.17) is 67.4 Å². The summed E-state index contributed by atoms with van der Waals surface area (Å²) in [5.74, 6) is -0.231. The molecule has 4 aromatic heterocycles. The highest BCUT2D eigenvalue weighted by molar-refractivity contribution is 8.07. The third-order valence-electron chi connectivity index (χ3n) is 8.10. The maximum absolute atomic E-state index is 16.0. The lowest BCUT2D eigenvalue weighted by molar-refractivity contribution is -0.183. The molecule has 0 aromatic carbocycles. The molecule has 3 unspecified atom stereocenters. The number of nitrogens with two attached hydrogens (primary N) is 2. The molecule has 4 saturated heterocycles. The monoisotopic (exact) mass is 719 g/mol. The zero-order chi connectivity index (χ0) is 32.2. The highest BCUT2D eigenvalue weighted by Gasteiger charge is 2.65. The number of hydrogen-bond donors (Lipinski definition) is 5. The number of nitrogen functional groups attached to an aromatic ring is 2. The summed E-state index contributed by atoms with van der Waals surface area (Å²) in [6.07, 6.45) is -5.25. The summed E-state index contributed by atoms with van der Waals surface area (Å²) >= 11 is 10.6. The highest BCUT2D eigenvalue weighted by atomic mass is 32.5. The molecule has 7 N–H and O–H groups in total. The van der Waals surface area contributed by atoms with Crippen LogP contribution in [0.3, 0.4) is 0 Å². The molecule has 4 bridgehead atoms. The standard InChI is InChI=1S/C22H24FN9O10P2S2/c23-10-9-3-37-43(34,45)42-15-14-20(31-6-27-11-8(24)1-2-26-16(11)31)40-22(15,4-36-14)5-38-44(35,46)41-13(10)19(39-9)32-7-28-12-17(32)29-21(25)30-18(12)33/h1-2,6-7,9-10,13-15,19-20H,3-5H2,(H2,24,26)(H,34,45)(H,35,46)(H3,25,29,30,33)/t9-,10+,13-,14-,15+,19-,20-,22?,43?,44?/m1/s1. The number of H-pyrrole nitrogens is 1. The summed E-state index contributed by atoms with van der Waals surface area (Å²) in [7, 11) is 0. The molecule has 0 saturated carbocycles. The van der Waals surface area contributed by atoms with Gasteiger partial charge in [-0.1, -0.05) is 0 Å². The summed E-state index contributed by atoms with van der Waals surface area (Å²) in [6, 6.07) is 1.60. The Morgan fingerprint density at radius 3 is 2.54 bits per heavy atom. The van der Waals surface area contributed by atoms with E-state index in [-0.39, 0.29) is 23.7 Å². The third kappa shape index (κ3) is 4.91. The first-order valence-corrected chi connectivity index (χ1v) is 18.7. The summed E-state index contributed by atoms with van der Waals surface area (Å²) in [4.78, 5) is 53.8. The highest BCUT2D eigenvalue weighted by Crippen LogP contribution is 2.58. The molecule has 246 valence electrons. The fraction of sp³-hybridized carbons (Fsp3) is 0.500. The van der Waals surface area contributed by atoms with Gasteiger partial charge in [-0.3, -0.25) is 28.0 Å². The topological polar surface area (TPSA) is 251 Å². The predicted octanol–water partition coefficient (Wildman–Crippen LogP) is -0.118. The molecular weight excluding hydrogens is 695 g/mol. The van der Waals surface area contributed by atoms with Crippen LogP contribution in [0.25, 0.3) is 22.3 Å². The van der Waals surface area contributed by atoms with Crippen molar-refractivity contribution in [3.8, 4) is 0 Å². The smallest absolute Gasteiger partial charge is 0.325 e. The van der Waals surface area contributed by atoms with Crippen LogP contribution in [0.1, 0.15) is 12.5 Å². The minimum Gasteiger partial charge on any atom is -0.397 e. The molecule has 24 heteroatoms. The van der Waals surface area contributed by atoms with Crippen molar-refractivity contribution in [2.24, 2.45) is 0 Å². The first-order valence-electron chi connectivity index (χ1n) is 13.5. The van der Waals surface area contributed by atoms with E-state index >= 15 is 4.39 Å². The van der Waals surface area contributed by atoms with Crippen molar-refractivity contribution in [1.29, 1.82) is 0 Å². The van der Waals surface area contributed by atoms with Crippen LogP contribution in [0.4, 0.5) is 16.0 Å². The van der Waals surface area contributed by atoms with Crippen molar-refractivity contribution < 1.29 is 46.5 Å². The van der Waals surface area contributed by atoms with Gasteiger partial charge in [0.15, 0.2) is 35.4 Å². The number of aromatic amines is 1. The number of aromatic nitrogens is 7. The molecule has 8 rings (SSSR count). The van der Waals surface area contributed by atoms with Gasteiger partial charge in [0.25, 0.3) is 5.56 Å². The van der Waals surface area contributed by atoms with Crippen LogP contribution in [0.2, 0.25) is 0 Å². The predicted molar refractivity (Wildman–Crippen MR) is 161 cm³/mol. The maximum Gasteiger partial charge on any atom is 0.325 e. The molecular formula is C22H24FN9O10P2S2. The molecule has 8 heterocycles. The van der Waals surface area contributed by atoms with Crippen LogP contribution < -0.4 is 17.0 Å². The maximum atomic E-state index is 16.0. The quantitative estimate of drug-likeness (QED) is 0.169. The lowest BCUT2D eigenvalue weighted by atomic mass is 10.0. The normalized spacial score (nSPS) is 39.7. The van der Waals surface area contributed by atoms with Gasteiger partial charge < -0.3 is 44.5 Å². The number of alkyl halides is 1. The Kier molecular flexibility index (Phi) is 7.17. The minimum absolute atomic E-state index is 0.0537. The van der Waals surface area contributed by atoms with Gasteiger partial charge in [-0.15, -0.1) is 0 Å². The van der Waals surface area contributed by atoms with E-state index in [0.717, 1.165) is 0 Å². The summed E-state index contributed by atoms with van der Waals surface area (Å²) in [5.41, 5.74) is 10.7. The number of rotatable bonds is 2. The van der Waals surface area contributed by atoms with Crippen LogP contribution in [-0.4, -0.2) is 99.9 Å². The van der Waals surface area contributed by atoms with Crippen molar-refractivity contribution >= 4 is 71.0 Å². The van der Waals surface area contributed by atoms with Gasteiger partial charge >= 0.3 is 13.4 Å². The molecule has 4 aliphatic rings. The van der Waals surface area contributed by atoms with E-state index in [1.54, 1.807) is 10.6 Å². The van der Waals surface area contributed by atoms with Gasteiger partial charge in [0.2, 0.25) is 5.95 Å². The van der Waals surface area contributed by atoms with Crippen LogP contribution >= 0.6 is 13.4 Å². The Morgan fingerprint density at radius 1 is 1.00 bits per heavy atom. The number of hydrogen-bond acceptors (Lipinski definition) is 16. The fourth-order valence-corrected chi connectivity index (χ4v) is 8.91. The van der Waals surface area contributed by atoms with Gasteiger partial charge in [0.05, 0.1) is 38.2 Å². The number of anilines is 2. The molecule has 0 spiro atoms. The first-order chi connectivity index (χ1) is 21.8. The van der Waals surface area contributed by atoms with E-state index in [0.29, 0.717) is 16.9 Å². The van der Waals surface area contributed by atoms with Crippen molar-refractivity contribution in [3.05, 3.63) is 35.3 Å². The largest absolute Gasteiger partial charge is 0.397 e. The Hall–Kier alpha value is -2.56. The summed E-state index contributed by atoms with van der Waals surface area (Å²) < 4.78 is 60.1. The summed E-state index contributed by atoms with van der Waals surface area (Å²) in [5, 5.41) is 0. The van der Waals surface area contributed by atoms with Crippen LogP contribution in [0, 0.1) is 0 Å². The number of pyridine rings is 1. The molecule has 4 fully saturated rings. The van der Waals surface area contributed by atoms with Gasteiger partial charge in [0, 0.05) is 6.20 Å². The van der Waals surface area contributed by atoms with E-state index in [1.807, 2.05) is 0 Å². The zero-order valence-electron chi connectivity index (χ0n) is 23.1.